The van der Waals surface area contributed by atoms with Crippen LogP contribution < -0.4 is 5.32 Å². The summed E-state index contributed by atoms with van der Waals surface area (Å²) in [6, 6.07) is 1.48. The minimum absolute atomic E-state index is 0.254. The van der Waals surface area contributed by atoms with Crippen LogP contribution in [0.5, 0.6) is 0 Å². The van der Waals surface area contributed by atoms with E-state index in [1.54, 1.807) is 0 Å². The smallest absolute Gasteiger partial charge is 0.0587 e. The summed E-state index contributed by atoms with van der Waals surface area (Å²) in [5.74, 6) is 0.552. The molecule has 1 heterocycles. The lowest BCUT2D eigenvalue weighted by Crippen LogP contribution is -2.45. The van der Waals surface area contributed by atoms with Gasteiger partial charge in [-0.15, -0.1) is 0 Å². The van der Waals surface area contributed by atoms with Gasteiger partial charge in [0.2, 0.25) is 0 Å². The molecule has 1 saturated heterocycles. The van der Waals surface area contributed by atoms with Gasteiger partial charge < -0.3 is 15.3 Å². The van der Waals surface area contributed by atoms with E-state index in [2.05, 4.69) is 38.0 Å². The third-order valence-electron chi connectivity index (χ3n) is 3.86. The maximum absolute atomic E-state index is 9.34. The van der Waals surface area contributed by atoms with Gasteiger partial charge in [-0.05, 0) is 26.3 Å². The molecule has 0 spiro atoms. The molecular weight excluding hydrogens is 188 g/mol. The zero-order chi connectivity index (χ0) is 11.4. The quantitative estimate of drug-likeness (QED) is 0.719. The van der Waals surface area contributed by atoms with Crippen LogP contribution in [0.1, 0.15) is 33.6 Å². The van der Waals surface area contributed by atoms with Crippen LogP contribution in [0.3, 0.4) is 0 Å². The highest BCUT2D eigenvalue weighted by Crippen LogP contribution is 2.17. The van der Waals surface area contributed by atoms with E-state index >= 15 is 0 Å². The van der Waals surface area contributed by atoms with Crippen molar-refractivity contribution >= 4 is 0 Å². The summed E-state index contributed by atoms with van der Waals surface area (Å²) in [6.07, 6.45) is 2.32. The molecule has 1 fully saturated rings. The number of likely N-dealkylation sites (tertiary alicyclic amines) is 1. The van der Waals surface area contributed by atoms with E-state index in [9.17, 15) is 5.11 Å². The standard InChI is InChI=1S/C12H26N2O/c1-5-9(2)12(8-15)13-11-6-10(3)14(4)7-11/h9-13,15H,5-8H2,1-4H3. The topological polar surface area (TPSA) is 35.5 Å². The van der Waals surface area contributed by atoms with Crippen LogP contribution in [-0.2, 0) is 0 Å². The van der Waals surface area contributed by atoms with Crippen LogP contribution in [-0.4, -0.2) is 48.3 Å². The van der Waals surface area contributed by atoms with Gasteiger partial charge in [-0.2, -0.15) is 0 Å². The summed E-state index contributed by atoms with van der Waals surface area (Å²) in [5, 5.41) is 12.9. The van der Waals surface area contributed by atoms with Crippen molar-refractivity contribution in [3.63, 3.8) is 0 Å². The summed E-state index contributed by atoms with van der Waals surface area (Å²) in [4.78, 5) is 2.38. The highest BCUT2D eigenvalue weighted by atomic mass is 16.3. The largest absolute Gasteiger partial charge is 0.395 e. The van der Waals surface area contributed by atoms with Gasteiger partial charge in [-0.1, -0.05) is 20.3 Å². The lowest BCUT2D eigenvalue weighted by molar-refractivity contribution is 0.190. The average molecular weight is 214 g/mol. The molecule has 4 atom stereocenters. The first-order valence-corrected chi connectivity index (χ1v) is 6.15. The second-order valence-electron chi connectivity index (χ2n) is 5.06. The van der Waals surface area contributed by atoms with Crippen molar-refractivity contribution in [3.8, 4) is 0 Å². The van der Waals surface area contributed by atoms with Gasteiger partial charge in [0, 0.05) is 24.7 Å². The van der Waals surface area contributed by atoms with E-state index in [0.29, 0.717) is 18.0 Å². The lowest BCUT2D eigenvalue weighted by atomic mass is 9.98. The van der Waals surface area contributed by atoms with Crippen LogP contribution in [0.25, 0.3) is 0 Å². The van der Waals surface area contributed by atoms with Crippen molar-refractivity contribution in [1.82, 2.24) is 10.2 Å². The predicted molar refractivity (Wildman–Crippen MR) is 64.0 cm³/mol. The summed E-state index contributed by atoms with van der Waals surface area (Å²) >= 11 is 0. The molecular formula is C12H26N2O. The van der Waals surface area contributed by atoms with Gasteiger partial charge in [0.1, 0.15) is 0 Å². The van der Waals surface area contributed by atoms with E-state index in [0.717, 1.165) is 13.0 Å². The Hall–Kier alpha value is -0.120. The Morgan fingerprint density at radius 2 is 2.20 bits per heavy atom. The zero-order valence-electron chi connectivity index (χ0n) is 10.5. The molecule has 0 radical (unpaired) electrons. The first-order valence-electron chi connectivity index (χ1n) is 6.15. The zero-order valence-corrected chi connectivity index (χ0v) is 10.5. The van der Waals surface area contributed by atoms with Crippen LogP contribution in [0.15, 0.2) is 0 Å². The van der Waals surface area contributed by atoms with Crippen LogP contribution >= 0.6 is 0 Å². The van der Waals surface area contributed by atoms with E-state index in [1.165, 1.54) is 6.42 Å². The molecule has 0 aliphatic carbocycles. The van der Waals surface area contributed by atoms with E-state index in [1.807, 2.05) is 0 Å². The van der Waals surface area contributed by atoms with Gasteiger partial charge in [-0.3, -0.25) is 0 Å². The highest BCUT2D eigenvalue weighted by molar-refractivity contribution is 4.88. The van der Waals surface area contributed by atoms with E-state index in [4.69, 9.17) is 0 Å². The second kappa shape index (κ2) is 5.83. The molecule has 4 unspecified atom stereocenters. The molecule has 90 valence electrons. The summed E-state index contributed by atoms with van der Waals surface area (Å²) < 4.78 is 0. The molecule has 1 rings (SSSR count). The number of hydrogen-bond acceptors (Lipinski definition) is 3. The second-order valence-corrected chi connectivity index (χ2v) is 5.06. The fourth-order valence-electron chi connectivity index (χ4n) is 2.30. The molecule has 0 aromatic carbocycles. The van der Waals surface area contributed by atoms with E-state index in [-0.39, 0.29) is 12.6 Å². The maximum atomic E-state index is 9.34. The maximum Gasteiger partial charge on any atom is 0.0587 e. The molecule has 1 aliphatic rings. The van der Waals surface area contributed by atoms with Crippen LogP contribution in [0.4, 0.5) is 0 Å². The van der Waals surface area contributed by atoms with Gasteiger partial charge >= 0.3 is 0 Å². The minimum Gasteiger partial charge on any atom is -0.395 e. The molecule has 1 aliphatic heterocycles. The Kier molecular flexibility index (Phi) is 5.03. The van der Waals surface area contributed by atoms with E-state index < -0.39 is 0 Å². The molecule has 0 aromatic heterocycles. The number of aliphatic hydroxyl groups is 1. The lowest BCUT2D eigenvalue weighted by Gasteiger charge is -2.25. The normalized spacial score (nSPS) is 31.8. The van der Waals surface area contributed by atoms with Gasteiger partial charge in [0.05, 0.1) is 6.61 Å². The fourth-order valence-corrected chi connectivity index (χ4v) is 2.30. The summed E-state index contributed by atoms with van der Waals surface area (Å²) in [5.41, 5.74) is 0. The molecule has 0 saturated carbocycles. The minimum atomic E-state index is 0.254. The van der Waals surface area contributed by atoms with Gasteiger partial charge in [0.15, 0.2) is 0 Å². The molecule has 3 nitrogen and oxygen atoms in total. The van der Waals surface area contributed by atoms with Gasteiger partial charge in [-0.25, -0.2) is 0 Å². The number of hydrogen-bond donors (Lipinski definition) is 2. The molecule has 2 N–H and O–H groups in total. The SMILES string of the molecule is CCC(C)C(CO)NC1CC(C)N(C)C1. The molecule has 0 bridgehead atoms. The molecule has 3 heteroatoms. The monoisotopic (exact) mass is 214 g/mol. The first-order chi connectivity index (χ1) is 7.08. The van der Waals surface area contributed by atoms with Crippen molar-refractivity contribution < 1.29 is 5.11 Å². The Morgan fingerprint density at radius 3 is 2.60 bits per heavy atom. The third-order valence-corrected chi connectivity index (χ3v) is 3.86. The Bertz CT molecular complexity index is 176. The first kappa shape index (κ1) is 12.9. The third kappa shape index (κ3) is 3.44. The number of nitrogens with one attached hydrogen (secondary N) is 1. The van der Waals surface area contributed by atoms with Crippen molar-refractivity contribution in [2.75, 3.05) is 20.2 Å². The van der Waals surface area contributed by atoms with Crippen molar-refractivity contribution in [2.45, 2.75) is 51.7 Å². The van der Waals surface area contributed by atoms with Crippen LogP contribution in [0.2, 0.25) is 0 Å². The highest BCUT2D eigenvalue weighted by Gasteiger charge is 2.28. The average Bonchev–Trinajstić information content (AvgIpc) is 2.53. The summed E-state index contributed by atoms with van der Waals surface area (Å²) in [6.45, 7) is 8.00. The summed E-state index contributed by atoms with van der Waals surface area (Å²) in [7, 11) is 2.17. The van der Waals surface area contributed by atoms with Crippen molar-refractivity contribution in [2.24, 2.45) is 5.92 Å². The van der Waals surface area contributed by atoms with Crippen molar-refractivity contribution in [1.29, 1.82) is 0 Å². The number of aliphatic hydroxyl groups excluding tert-OH is 1. The predicted octanol–water partition coefficient (Wildman–Crippen LogP) is 1.08. The Labute approximate surface area is 93.9 Å². The molecule has 15 heavy (non-hydrogen) atoms. The fraction of sp³-hybridized carbons (Fsp3) is 1.00. The Balaban J connectivity index is 2.39. The number of nitrogens with zero attached hydrogens (tertiary/aromatic N) is 1. The van der Waals surface area contributed by atoms with Crippen molar-refractivity contribution in [3.05, 3.63) is 0 Å². The number of likely N-dealkylation sites (N-methyl/N-ethyl adjacent to an activating group) is 1. The Morgan fingerprint density at radius 1 is 1.53 bits per heavy atom. The molecule has 0 aromatic rings. The number of rotatable bonds is 5. The van der Waals surface area contributed by atoms with Crippen LogP contribution in [0, 0.1) is 5.92 Å². The molecule has 0 amide bonds. The van der Waals surface area contributed by atoms with Gasteiger partial charge in [0.25, 0.3) is 0 Å².